The van der Waals surface area contributed by atoms with E-state index in [9.17, 15) is 4.79 Å². The van der Waals surface area contributed by atoms with Crippen LogP contribution in [0.3, 0.4) is 0 Å². The van der Waals surface area contributed by atoms with Crippen LogP contribution in [0.15, 0.2) is 11.3 Å². The fourth-order valence-corrected chi connectivity index (χ4v) is 1.44. The van der Waals surface area contributed by atoms with Crippen LogP contribution in [0.1, 0.15) is 19.8 Å². The van der Waals surface area contributed by atoms with Gasteiger partial charge in [-0.25, -0.2) is 0 Å². The number of hydrogen-bond acceptors (Lipinski definition) is 2. The van der Waals surface area contributed by atoms with Crippen molar-refractivity contribution >= 4 is 21.9 Å². The molecule has 2 nitrogen and oxygen atoms in total. The van der Waals surface area contributed by atoms with Crippen LogP contribution in [0.2, 0.25) is 0 Å². The summed E-state index contributed by atoms with van der Waals surface area (Å²) in [6, 6.07) is 0. The molecule has 0 unspecified atom stereocenters. The molecule has 0 fully saturated rings. The molecule has 0 amide bonds. The van der Waals surface area contributed by atoms with Crippen LogP contribution in [0.4, 0.5) is 0 Å². The van der Waals surface area contributed by atoms with E-state index in [4.69, 9.17) is 4.74 Å². The molecule has 0 aromatic carbocycles. The number of halogens is 1. The maximum atomic E-state index is 10.7. The van der Waals surface area contributed by atoms with E-state index in [2.05, 4.69) is 15.9 Å². The summed E-state index contributed by atoms with van der Waals surface area (Å²) in [6.45, 7) is 1.99. The predicted octanol–water partition coefficient (Wildman–Crippen LogP) is 1.99. The summed E-state index contributed by atoms with van der Waals surface area (Å²) in [5.41, 5.74) is 1.18. The van der Waals surface area contributed by atoms with Gasteiger partial charge in [-0.1, -0.05) is 15.9 Å². The van der Waals surface area contributed by atoms with Gasteiger partial charge in [-0.3, -0.25) is 4.79 Å². The Kier molecular flexibility index (Phi) is 2.49. The third-order valence-electron chi connectivity index (χ3n) is 1.54. The van der Waals surface area contributed by atoms with Gasteiger partial charge in [0.25, 0.3) is 0 Å². The van der Waals surface area contributed by atoms with Crippen molar-refractivity contribution in [3.8, 4) is 0 Å². The molecule has 0 aliphatic carbocycles. The lowest BCUT2D eigenvalue weighted by atomic mass is 10.1. The maximum absolute atomic E-state index is 10.7. The van der Waals surface area contributed by atoms with Gasteiger partial charge >= 0.3 is 5.97 Å². The van der Waals surface area contributed by atoms with Gasteiger partial charge in [0, 0.05) is 6.42 Å². The van der Waals surface area contributed by atoms with Gasteiger partial charge in [-0.05, 0) is 18.9 Å². The Morgan fingerprint density at radius 3 is 2.80 bits per heavy atom. The van der Waals surface area contributed by atoms with Crippen LogP contribution in [-0.2, 0) is 9.53 Å². The third-order valence-corrected chi connectivity index (χ3v) is 2.05. The third kappa shape index (κ3) is 1.59. The van der Waals surface area contributed by atoms with Gasteiger partial charge in [-0.15, -0.1) is 0 Å². The zero-order valence-corrected chi connectivity index (χ0v) is 7.40. The average Bonchev–Trinajstić information content (AvgIpc) is 1.94. The molecule has 10 heavy (non-hydrogen) atoms. The first-order valence-electron chi connectivity index (χ1n) is 3.19. The van der Waals surface area contributed by atoms with Crippen LogP contribution in [0.25, 0.3) is 0 Å². The number of cyclic esters (lactones) is 1. The van der Waals surface area contributed by atoms with Crippen molar-refractivity contribution in [2.75, 3.05) is 5.33 Å². The number of hydrogen-bond donors (Lipinski definition) is 0. The summed E-state index contributed by atoms with van der Waals surface area (Å²) >= 11 is 3.24. The minimum absolute atomic E-state index is 0.111. The molecule has 0 atom stereocenters. The van der Waals surface area contributed by atoms with Gasteiger partial charge in [-0.2, -0.15) is 0 Å². The maximum Gasteiger partial charge on any atom is 0.311 e. The van der Waals surface area contributed by atoms with Crippen LogP contribution >= 0.6 is 15.9 Å². The lowest BCUT2D eigenvalue weighted by Crippen LogP contribution is -2.12. The number of rotatable bonds is 1. The second kappa shape index (κ2) is 3.19. The Morgan fingerprint density at radius 1 is 1.60 bits per heavy atom. The summed E-state index contributed by atoms with van der Waals surface area (Å²) in [4.78, 5) is 10.7. The summed E-state index contributed by atoms with van der Waals surface area (Å²) < 4.78 is 4.94. The molecule has 0 spiro atoms. The Hall–Kier alpha value is -0.310. The van der Waals surface area contributed by atoms with Gasteiger partial charge < -0.3 is 4.74 Å². The highest BCUT2D eigenvalue weighted by Crippen LogP contribution is 2.20. The first-order valence-corrected chi connectivity index (χ1v) is 4.31. The van der Waals surface area contributed by atoms with E-state index in [1.54, 1.807) is 0 Å². The molecular weight excluding hydrogens is 196 g/mol. The quantitative estimate of drug-likeness (QED) is 0.483. The molecule has 1 aliphatic rings. The fourth-order valence-electron chi connectivity index (χ4n) is 0.846. The molecule has 56 valence electrons. The summed E-state index contributed by atoms with van der Waals surface area (Å²) in [7, 11) is 0. The zero-order valence-electron chi connectivity index (χ0n) is 5.82. The molecule has 0 saturated carbocycles. The smallest absolute Gasteiger partial charge is 0.311 e. The molecule has 1 heterocycles. The van der Waals surface area contributed by atoms with E-state index < -0.39 is 0 Å². The Labute approximate surface area is 68.4 Å². The molecule has 0 N–H and O–H groups in total. The lowest BCUT2D eigenvalue weighted by Gasteiger charge is -2.14. The first-order chi connectivity index (χ1) is 4.74. The number of ether oxygens (including phenoxy) is 1. The number of esters is 1. The molecule has 0 aromatic heterocycles. The second-order valence-corrected chi connectivity index (χ2v) is 2.87. The van der Waals surface area contributed by atoms with Crippen LogP contribution in [0.5, 0.6) is 0 Å². The van der Waals surface area contributed by atoms with E-state index in [0.717, 1.165) is 12.2 Å². The molecule has 1 rings (SSSR count). The van der Waals surface area contributed by atoms with Crippen molar-refractivity contribution in [3.05, 3.63) is 11.3 Å². The monoisotopic (exact) mass is 204 g/mol. The summed E-state index contributed by atoms with van der Waals surface area (Å²) in [5.74, 6) is 0.677. The molecule has 0 saturated heterocycles. The largest absolute Gasteiger partial charge is 0.430 e. The molecule has 3 heteroatoms. The summed E-state index contributed by atoms with van der Waals surface area (Å²) in [6.07, 6.45) is 1.38. The number of carbonyl (C=O) groups is 1. The standard InChI is InChI=1S/C7H9BrO2/c1-5-2-3-7(9)10-6(5)4-8/h2-4H2,1H3. The Bertz CT molecular complexity index is 184. The van der Waals surface area contributed by atoms with Gasteiger partial charge in [0.05, 0.1) is 5.33 Å². The highest BCUT2D eigenvalue weighted by Gasteiger charge is 2.15. The highest BCUT2D eigenvalue weighted by atomic mass is 79.9. The van der Waals surface area contributed by atoms with E-state index in [-0.39, 0.29) is 5.97 Å². The molecule has 0 bridgehead atoms. The van der Waals surface area contributed by atoms with Crippen molar-refractivity contribution in [3.63, 3.8) is 0 Å². The minimum atomic E-state index is -0.111. The molecular formula is C7H9BrO2. The van der Waals surface area contributed by atoms with Crippen molar-refractivity contribution in [2.24, 2.45) is 0 Å². The van der Waals surface area contributed by atoms with E-state index in [1.165, 1.54) is 5.57 Å². The summed E-state index contributed by atoms with van der Waals surface area (Å²) in [5, 5.41) is 0.643. The number of allylic oxidation sites excluding steroid dienone is 2. The Morgan fingerprint density at radius 2 is 2.30 bits per heavy atom. The van der Waals surface area contributed by atoms with Gasteiger partial charge in [0.1, 0.15) is 5.76 Å². The first kappa shape index (κ1) is 7.79. The van der Waals surface area contributed by atoms with E-state index in [1.807, 2.05) is 6.92 Å². The average molecular weight is 205 g/mol. The number of alkyl halides is 1. The Balaban J connectivity index is 2.72. The topological polar surface area (TPSA) is 26.3 Å². The van der Waals surface area contributed by atoms with Crippen LogP contribution < -0.4 is 0 Å². The number of carbonyl (C=O) groups excluding carboxylic acids is 1. The normalized spacial score (nSPS) is 19.2. The van der Waals surface area contributed by atoms with Crippen molar-refractivity contribution < 1.29 is 9.53 Å². The second-order valence-electron chi connectivity index (χ2n) is 2.31. The van der Waals surface area contributed by atoms with E-state index >= 15 is 0 Å². The minimum Gasteiger partial charge on any atom is -0.430 e. The van der Waals surface area contributed by atoms with Crippen molar-refractivity contribution in [1.82, 2.24) is 0 Å². The zero-order chi connectivity index (χ0) is 7.56. The molecule has 1 aliphatic heterocycles. The van der Waals surface area contributed by atoms with Crippen LogP contribution in [-0.4, -0.2) is 11.3 Å². The van der Waals surface area contributed by atoms with Crippen LogP contribution in [0, 0.1) is 0 Å². The molecule has 0 radical (unpaired) electrons. The fraction of sp³-hybridized carbons (Fsp3) is 0.571. The SMILES string of the molecule is CC1=C(CBr)OC(=O)CC1. The highest BCUT2D eigenvalue weighted by molar-refractivity contribution is 9.09. The molecule has 0 aromatic rings. The van der Waals surface area contributed by atoms with E-state index in [0.29, 0.717) is 11.8 Å². The predicted molar refractivity (Wildman–Crippen MR) is 41.8 cm³/mol. The van der Waals surface area contributed by atoms with Gasteiger partial charge in [0.15, 0.2) is 0 Å². The lowest BCUT2D eigenvalue weighted by molar-refractivity contribution is -0.140. The van der Waals surface area contributed by atoms with Crippen molar-refractivity contribution in [1.29, 1.82) is 0 Å². The van der Waals surface area contributed by atoms with Gasteiger partial charge in [0.2, 0.25) is 0 Å². The van der Waals surface area contributed by atoms with Crippen molar-refractivity contribution in [2.45, 2.75) is 19.8 Å².